The van der Waals surface area contributed by atoms with Gasteiger partial charge >= 0.3 is 81.2 Å². The van der Waals surface area contributed by atoms with Crippen LogP contribution in [0.1, 0.15) is 0 Å². The second-order valence-corrected chi connectivity index (χ2v) is 5.37. The summed E-state index contributed by atoms with van der Waals surface area (Å²) in [7, 11) is -21.6. The quantitative estimate of drug-likeness (QED) is 0.176. The van der Waals surface area contributed by atoms with Crippen LogP contribution >= 0.6 is 31.3 Å². The van der Waals surface area contributed by atoms with Gasteiger partial charge in [-0.2, -0.15) is 31.3 Å². The van der Waals surface area contributed by atoms with Gasteiger partial charge in [0, 0.05) is 0 Å². The van der Waals surface area contributed by atoms with Crippen LogP contribution in [-0.2, 0) is 99.5 Å². The van der Waals surface area contributed by atoms with Crippen LogP contribution in [0.15, 0.2) is 0 Å². The zero-order valence-corrected chi connectivity index (χ0v) is 19.6. The summed E-state index contributed by atoms with van der Waals surface area (Å²) in [5.74, 6) is 0. The van der Waals surface area contributed by atoms with E-state index in [2.05, 4.69) is 0 Å². The Labute approximate surface area is 188 Å². The molecule has 24 heavy (non-hydrogen) atoms. The van der Waals surface area contributed by atoms with Gasteiger partial charge in [-0.3, -0.25) is 0 Å². The standard InChI is InChI=1S/Co.Ni.4H3O4P.Ti.Zr/c;;4*1-5(2,3)4;;/h;;4*(H3,1,2,3,4);;/q2*+2;;;;;2*+4/p-12. The second-order valence-electron chi connectivity index (χ2n) is 1.79. The maximum atomic E-state index is 8.55. The Bertz CT molecular complexity index is 303. The normalized spacial score (nSPS) is 9.83. The zero-order chi connectivity index (χ0) is 18.0. The molecule has 0 N–H and O–H groups in total. The largest absolute Gasteiger partial charge is 4.00 e. The van der Waals surface area contributed by atoms with Gasteiger partial charge in [0.15, 0.2) is 0 Å². The van der Waals surface area contributed by atoms with Gasteiger partial charge < -0.3 is 77.0 Å². The first-order chi connectivity index (χ1) is 8.00. The molecule has 0 aromatic heterocycles. The van der Waals surface area contributed by atoms with Crippen molar-refractivity contribution in [2.24, 2.45) is 0 Å². The van der Waals surface area contributed by atoms with Gasteiger partial charge in [-0.15, -0.1) is 0 Å². The van der Waals surface area contributed by atoms with Crippen molar-refractivity contribution in [2.45, 2.75) is 0 Å². The summed E-state index contributed by atoms with van der Waals surface area (Å²) in [6.07, 6.45) is 0. The minimum Gasteiger partial charge on any atom is -0.822 e. The molecule has 0 aliphatic rings. The number of phosphoric acid groups is 4. The summed E-state index contributed by atoms with van der Waals surface area (Å²) in [4.78, 5) is 103. The SMILES string of the molecule is O=P([O-])([O-])[O-].O=P([O-])([O-])[O-].O=P([O-])([O-])[O-].O=P([O-])([O-])[O-].[Co+2].[Ni+2].[Ti+4].[Zr+4]. The molecular weight excluding hydrogens is 637 g/mol. The molecule has 0 unspecified atom stereocenters. The van der Waals surface area contributed by atoms with E-state index >= 15 is 0 Å². The van der Waals surface area contributed by atoms with Crippen molar-refractivity contribution >= 4 is 31.3 Å². The molecule has 0 aromatic rings. The van der Waals surface area contributed by atoms with E-state index in [-0.39, 0.29) is 81.2 Å². The molecule has 0 spiro atoms. The smallest absolute Gasteiger partial charge is 0.822 e. The van der Waals surface area contributed by atoms with Gasteiger partial charge in [-0.25, -0.2) is 0 Å². The first kappa shape index (κ1) is 50.6. The Morgan fingerprint density at radius 1 is 0.417 bits per heavy atom. The third-order valence-electron chi connectivity index (χ3n) is 0. The number of rotatable bonds is 0. The summed E-state index contributed by atoms with van der Waals surface area (Å²) in [5.41, 5.74) is 0. The van der Waals surface area contributed by atoms with E-state index in [1.54, 1.807) is 0 Å². The van der Waals surface area contributed by atoms with Crippen LogP contribution in [0.25, 0.3) is 0 Å². The molecule has 143 valence electrons. The Balaban J connectivity index is -0.0000000225. The van der Waals surface area contributed by atoms with Gasteiger partial charge in [0.25, 0.3) is 0 Å². The van der Waals surface area contributed by atoms with E-state index in [0.717, 1.165) is 0 Å². The number of hydrogen-bond acceptors (Lipinski definition) is 16. The molecule has 24 heteroatoms. The monoisotopic (exact) mass is 635 g/mol. The van der Waals surface area contributed by atoms with Crippen molar-refractivity contribution in [1.82, 2.24) is 0 Å². The Morgan fingerprint density at radius 3 is 0.417 bits per heavy atom. The third-order valence-corrected chi connectivity index (χ3v) is 0. The first-order valence-corrected chi connectivity index (χ1v) is 8.76. The predicted molar refractivity (Wildman–Crippen MR) is 30.4 cm³/mol. The molecule has 0 rings (SSSR count). The summed E-state index contributed by atoms with van der Waals surface area (Å²) in [6, 6.07) is 0. The molecule has 0 aromatic carbocycles. The molecule has 0 aliphatic carbocycles. The molecule has 0 heterocycles. The molecule has 0 aliphatic heterocycles. The Kier molecular flexibility index (Phi) is 47.1. The molecule has 0 atom stereocenters. The van der Waals surface area contributed by atoms with Crippen LogP contribution in [0, 0.1) is 0 Å². The van der Waals surface area contributed by atoms with Gasteiger partial charge in [0.2, 0.25) is 0 Å². The van der Waals surface area contributed by atoms with Crippen molar-refractivity contribution < 1.29 is 158 Å². The molecular formula is CoNiO16P4TiZr. The van der Waals surface area contributed by atoms with E-state index in [0.29, 0.717) is 0 Å². The topological polar surface area (TPSA) is 345 Å². The first-order valence-electron chi connectivity index (χ1n) is 2.92. The van der Waals surface area contributed by atoms with Crippen molar-refractivity contribution in [3.05, 3.63) is 0 Å². The van der Waals surface area contributed by atoms with Crippen molar-refractivity contribution in [1.29, 1.82) is 0 Å². The summed E-state index contributed by atoms with van der Waals surface area (Å²) in [5, 5.41) is 0. The van der Waals surface area contributed by atoms with Gasteiger partial charge in [-0.1, -0.05) is 0 Å². The fourth-order valence-corrected chi connectivity index (χ4v) is 0. The number of hydrogen-bond donors (Lipinski definition) is 0. The van der Waals surface area contributed by atoms with Gasteiger partial charge in [0.05, 0.1) is 0 Å². The Morgan fingerprint density at radius 2 is 0.417 bits per heavy atom. The van der Waals surface area contributed by atoms with Crippen molar-refractivity contribution in [3.63, 3.8) is 0 Å². The van der Waals surface area contributed by atoms with Crippen LogP contribution in [0.3, 0.4) is 0 Å². The zero-order valence-electron chi connectivity index (χ0n) is 9.97. The Hall–Kier alpha value is 3.04. The molecule has 16 nitrogen and oxygen atoms in total. The predicted octanol–water partition coefficient (Wildman–Crippen LogP) is -11.3. The molecule has 0 saturated heterocycles. The average Bonchev–Trinajstić information content (AvgIpc) is 1.62. The molecule has 0 amide bonds. The van der Waals surface area contributed by atoms with E-state index in [1.807, 2.05) is 0 Å². The van der Waals surface area contributed by atoms with Crippen molar-refractivity contribution in [2.75, 3.05) is 0 Å². The molecule has 0 saturated carbocycles. The van der Waals surface area contributed by atoms with E-state index in [4.69, 9.17) is 77.0 Å². The summed E-state index contributed by atoms with van der Waals surface area (Å²) in [6.45, 7) is 0. The average molecular weight is 637 g/mol. The minimum atomic E-state index is -5.39. The fraction of sp³-hybridized carbons (Fsp3) is 0. The van der Waals surface area contributed by atoms with Crippen LogP contribution < -0.4 is 58.7 Å². The van der Waals surface area contributed by atoms with Crippen LogP contribution in [-0.4, -0.2) is 0 Å². The van der Waals surface area contributed by atoms with Crippen LogP contribution in [0.5, 0.6) is 0 Å². The summed E-state index contributed by atoms with van der Waals surface area (Å²) < 4.78 is 34.2. The molecule has 1 radical (unpaired) electrons. The fourth-order valence-electron chi connectivity index (χ4n) is 0. The van der Waals surface area contributed by atoms with Crippen molar-refractivity contribution in [3.8, 4) is 0 Å². The minimum absolute atomic E-state index is 0. The van der Waals surface area contributed by atoms with E-state index < -0.39 is 31.3 Å². The van der Waals surface area contributed by atoms with Gasteiger partial charge in [-0.05, 0) is 0 Å². The van der Waals surface area contributed by atoms with Crippen LogP contribution in [0.2, 0.25) is 0 Å². The molecule has 0 fully saturated rings. The van der Waals surface area contributed by atoms with Gasteiger partial charge in [0.1, 0.15) is 0 Å². The third kappa shape index (κ3) is 1570. The maximum absolute atomic E-state index is 8.55. The van der Waals surface area contributed by atoms with E-state index in [9.17, 15) is 0 Å². The second kappa shape index (κ2) is 22.3. The molecule has 0 bridgehead atoms. The van der Waals surface area contributed by atoms with E-state index in [1.165, 1.54) is 0 Å². The maximum Gasteiger partial charge on any atom is 4.00 e. The summed E-state index contributed by atoms with van der Waals surface area (Å²) >= 11 is 0. The van der Waals surface area contributed by atoms with Crippen LogP contribution in [0.4, 0.5) is 0 Å².